The van der Waals surface area contributed by atoms with Crippen LogP contribution in [0.3, 0.4) is 0 Å². The highest BCUT2D eigenvalue weighted by atomic mass is 16.2. The summed E-state index contributed by atoms with van der Waals surface area (Å²) in [5, 5.41) is 9.75. The van der Waals surface area contributed by atoms with Gasteiger partial charge in [-0.05, 0) is 30.9 Å². The van der Waals surface area contributed by atoms with Crippen molar-refractivity contribution in [3.05, 3.63) is 36.5 Å². The normalized spacial score (nSPS) is 13.7. The number of aromatic nitrogens is 4. The monoisotopic (exact) mass is 338 g/mol. The van der Waals surface area contributed by atoms with E-state index in [9.17, 15) is 4.79 Å². The molecule has 3 aromatic rings. The van der Waals surface area contributed by atoms with Gasteiger partial charge in [-0.1, -0.05) is 0 Å². The predicted molar refractivity (Wildman–Crippen MR) is 96.8 cm³/mol. The summed E-state index contributed by atoms with van der Waals surface area (Å²) in [6.07, 6.45) is 7.80. The molecule has 0 saturated heterocycles. The molecule has 1 saturated carbocycles. The number of carbonyl (C=O) groups is 1. The molecule has 3 aromatic heterocycles. The molecule has 0 atom stereocenters. The zero-order valence-corrected chi connectivity index (χ0v) is 13.7. The largest absolute Gasteiger partial charge is 0.357 e. The number of fused-ring (bicyclic) bond motifs is 1. The summed E-state index contributed by atoms with van der Waals surface area (Å²) in [5.41, 5.74) is 2.92. The van der Waals surface area contributed by atoms with Crippen LogP contribution in [0.15, 0.2) is 30.9 Å². The third-order valence-electron chi connectivity index (χ3n) is 4.50. The summed E-state index contributed by atoms with van der Waals surface area (Å²) in [4.78, 5) is 29.3. The van der Waals surface area contributed by atoms with Gasteiger partial charge in [-0.2, -0.15) is 5.26 Å². The predicted octanol–water partition coefficient (Wildman–Crippen LogP) is 3.21. The third-order valence-corrected chi connectivity index (χ3v) is 4.50. The molecular formula is C18H22N6O. The number of amides is 1. The maximum atomic E-state index is 12.8. The van der Waals surface area contributed by atoms with E-state index in [0.29, 0.717) is 24.6 Å². The van der Waals surface area contributed by atoms with E-state index in [-0.39, 0.29) is 8.76 Å². The molecule has 2 N–H and O–H groups in total. The quantitative estimate of drug-likeness (QED) is 0.720. The van der Waals surface area contributed by atoms with Gasteiger partial charge < -0.3 is 14.9 Å². The number of H-pyrrole nitrogens is 2. The lowest BCUT2D eigenvalue weighted by molar-refractivity contribution is 0.0746. The molecule has 0 unspecified atom stereocenters. The van der Waals surface area contributed by atoms with E-state index in [1.807, 2.05) is 18.3 Å². The maximum Gasteiger partial charge on any atom is 0.270 e. The zero-order valence-electron chi connectivity index (χ0n) is 13.7. The molecule has 3 heterocycles. The minimum Gasteiger partial charge on any atom is -0.357 e. The van der Waals surface area contributed by atoms with Gasteiger partial charge in [0.2, 0.25) is 0 Å². The van der Waals surface area contributed by atoms with Crippen molar-refractivity contribution in [1.29, 1.82) is 5.26 Å². The summed E-state index contributed by atoms with van der Waals surface area (Å²) in [6.45, 7) is 1.19. The Labute approximate surface area is 147 Å². The molecule has 7 nitrogen and oxygen atoms in total. The Morgan fingerprint density at radius 1 is 1.40 bits per heavy atom. The van der Waals surface area contributed by atoms with Crippen molar-refractivity contribution >= 4 is 16.9 Å². The van der Waals surface area contributed by atoms with Crippen molar-refractivity contribution in [2.45, 2.75) is 19.3 Å². The number of hydrogen-bond acceptors (Lipinski definition) is 4. The highest BCUT2D eigenvalue weighted by Gasteiger charge is 2.27. The highest BCUT2D eigenvalue weighted by molar-refractivity contribution is 5.96. The second-order valence-corrected chi connectivity index (χ2v) is 6.37. The van der Waals surface area contributed by atoms with Gasteiger partial charge in [-0.15, -0.1) is 0 Å². The van der Waals surface area contributed by atoms with Crippen molar-refractivity contribution in [1.82, 2.24) is 24.8 Å². The Balaban J connectivity index is 0.00000131. The van der Waals surface area contributed by atoms with E-state index in [4.69, 9.17) is 5.26 Å². The molecule has 0 aromatic carbocycles. The van der Waals surface area contributed by atoms with E-state index in [2.05, 4.69) is 26.0 Å². The fourth-order valence-corrected chi connectivity index (χ4v) is 3.00. The van der Waals surface area contributed by atoms with E-state index in [1.165, 1.54) is 19.2 Å². The molecule has 1 fully saturated rings. The van der Waals surface area contributed by atoms with Crippen LogP contribution < -0.4 is 0 Å². The number of aromatic amines is 2. The van der Waals surface area contributed by atoms with Crippen LogP contribution >= 0.6 is 0 Å². The fourth-order valence-electron chi connectivity index (χ4n) is 3.00. The molecule has 0 bridgehead atoms. The molecule has 130 valence electrons. The number of nitrogens with zero attached hydrogens (tertiary/aromatic N) is 4. The Morgan fingerprint density at radius 2 is 2.28 bits per heavy atom. The highest BCUT2D eigenvalue weighted by Crippen LogP contribution is 2.30. The van der Waals surface area contributed by atoms with Crippen LogP contribution in [0.5, 0.6) is 0 Å². The second kappa shape index (κ2) is 6.40. The van der Waals surface area contributed by atoms with Crippen LogP contribution in [-0.2, 0) is 0 Å². The van der Waals surface area contributed by atoms with E-state index in [1.54, 1.807) is 11.1 Å². The van der Waals surface area contributed by atoms with Crippen LogP contribution in [0.2, 0.25) is 0 Å². The van der Waals surface area contributed by atoms with E-state index >= 15 is 0 Å². The first-order chi connectivity index (χ1) is 12.3. The fraction of sp³-hybridized carbons (Fsp3) is 0.333. The van der Waals surface area contributed by atoms with Gasteiger partial charge in [-0.3, -0.25) is 4.79 Å². The second-order valence-electron chi connectivity index (χ2n) is 6.37. The first kappa shape index (κ1) is 15.4. The molecular weight excluding hydrogens is 316 g/mol. The molecule has 1 amide bonds. The van der Waals surface area contributed by atoms with E-state index in [0.717, 1.165) is 28.8 Å². The first-order valence-corrected chi connectivity index (χ1v) is 8.39. The maximum absolute atomic E-state index is 12.8. The number of hydrogen-bond donors (Lipinski definition) is 2. The van der Waals surface area contributed by atoms with Gasteiger partial charge in [-0.25, -0.2) is 9.97 Å². The van der Waals surface area contributed by atoms with Gasteiger partial charge in [0.05, 0.1) is 18.2 Å². The Bertz CT molecular complexity index is 956. The topological polar surface area (TPSA) is 101 Å². The summed E-state index contributed by atoms with van der Waals surface area (Å²) < 4.78 is 0. The standard InChI is InChI=1S/C18H18N6O.2H2/c19-5-1-7-24(10-12-2-3-12)18(25)15-8-13(9-21-15)16-14-4-6-20-17(14)23-11-22-16;;/h4,6,8-9,11-12,21H,1-3,7,10H2,(H,20,22,23);2*1H. The number of nitrogens with one attached hydrogen (secondary N) is 2. The van der Waals surface area contributed by atoms with Crippen LogP contribution in [0, 0.1) is 17.2 Å². The minimum atomic E-state index is -0.0623. The number of rotatable bonds is 6. The molecule has 1 aliphatic carbocycles. The van der Waals surface area contributed by atoms with Gasteiger partial charge >= 0.3 is 0 Å². The van der Waals surface area contributed by atoms with Crippen molar-refractivity contribution in [2.24, 2.45) is 5.92 Å². The minimum absolute atomic E-state index is 0. The average Bonchev–Trinajstić information content (AvgIpc) is 3.12. The Hall–Kier alpha value is -3.14. The van der Waals surface area contributed by atoms with Crippen LogP contribution in [0.25, 0.3) is 22.3 Å². The number of nitriles is 1. The van der Waals surface area contributed by atoms with Gasteiger partial charge in [0.15, 0.2) is 0 Å². The summed E-state index contributed by atoms with van der Waals surface area (Å²) in [7, 11) is 0. The molecule has 25 heavy (non-hydrogen) atoms. The first-order valence-electron chi connectivity index (χ1n) is 8.39. The molecule has 0 spiro atoms. The lowest BCUT2D eigenvalue weighted by Crippen LogP contribution is -2.34. The molecule has 7 heteroatoms. The van der Waals surface area contributed by atoms with Crippen molar-refractivity contribution in [2.75, 3.05) is 13.1 Å². The third kappa shape index (κ3) is 3.11. The molecule has 1 aliphatic rings. The summed E-state index contributed by atoms with van der Waals surface area (Å²) in [6, 6.07) is 5.87. The molecule has 0 aliphatic heterocycles. The lowest BCUT2D eigenvalue weighted by atomic mass is 10.1. The van der Waals surface area contributed by atoms with Crippen molar-refractivity contribution in [3.8, 4) is 17.3 Å². The van der Waals surface area contributed by atoms with Crippen LogP contribution in [0.1, 0.15) is 32.6 Å². The summed E-state index contributed by atoms with van der Waals surface area (Å²) in [5.74, 6) is 0.520. The Morgan fingerprint density at radius 3 is 3.08 bits per heavy atom. The lowest BCUT2D eigenvalue weighted by Gasteiger charge is -2.20. The van der Waals surface area contributed by atoms with Crippen LogP contribution in [-0.4, -0.2) is 43.8 Å². The average molecular weight is 338 g/mol. The molecule has 4 rings (SSSR count). The van der Waals surface area contributed by atoms with Crippen molar-refractivity contribution in [3.63, 3.8) is 0 Å². The molecule has 0 radical (unpaired) electrons. The summed E-state index contributed by atoms with van der Waals surface area (Å²) >= 11 is 0. The van der Waals surface area contributed by atoms with Gasteiger partial charge in [0.1, 0.15) is 17.7 Å². The zero-order chi connectivity index (χ0) is 17.2. The Kier molecular flexibility index (Phi) is 3.94. The van der Waals surface area contributed by atoms with E-state index < -0.39 is 0 Å². The SMILES string of the molecule is N#CCCN(CC1CC1)C(=O)c1cc(-c2ncnc3[nH]ccc23)c[nH]1.[HH].[HH]. The van der Waals surface area contributed by atoms with Gasteiger partial charge in [0.25, 0.3) is 5.91 Å². The van der Waals surface area contributed by atoms with Gasteiger partial charge in [0, 0.05) is 39.3 Å². The number of carbonyl (C=O) groups excluding carboxylic acids is 1. The van der Waals surface area contributed by atoms with Crippen LogP contribution in [0.4, 0.5) is 0 Å². The van der Waals surface area contributed by atoms with Crippen molar-refractivity contribution < 1.29 is 7.65 Å². The smallest absolute Gasteiger partial charge is 0.270 e.